The summed E-state index contributed by atoms with van der Waals surface area (Å²) in [4.78, 5) is 10.9. The van der Waals surface area contributed by atoms with Gasteiger partial charge in [0.05, 0.1) is 16.1 Å². The van der Waals surface area contributed by atoms with E-state index >= 15 is 0 Å². The van der Waals surface area contributed by atoms with Gasteiger partial charge in [0.25, 0.3) is 0 Å². The van der Waals surface area contributed by atoms with Crippen LogP contribution in [-0.2, 0) is 0 Å². The monoisotopic (exact) mass is 307 g/mol. The highest BCUT2D eigenvalue weighted by atomic mass is 35.5. The van der Waals surface area contributed by atoms with Crippen LogP contribution >= 0.6 is 22.9 Å². The Morgan fingerprint density at radius 2 is 2.00 bits per heavy atom. The fourth-order valence-corrected chi connectivity index (χ4v) is 3.10. The Bertz CT molecular complexity index is 800. The molecule has 0 unspecified atom stereocenters. The molecular formula is C14H11ClFN3S. The fraction of sp³-hybridized carbons (Fsp3) is 0.143. The number of hydrogen-bond donors (Lipinski definition) is 1. The highest BCUT2D eigenvalue weighted by molar-refractivity contribution is 7.18. The predicted octanol–water partition coefficient (Wildman–Crippen LogP) is 4.84. The van der Waals surface area contributed by atoms with Crippen LogP contribution in [0.2, 0.25) is 5.02 Å². The Kier molecular flexibility index (Phi) is 3.31. The first-order chi connectivity index (χ1) is 9.52. The summed E-state index contributed by atoms with van der Waals surface area (Å²) in [6.45, 7) is 3.86. The van der Waals surface area contributed by atoms with E-state index < -0.39 is 0 Å². The first kappa shape index (κ1) is 13.3. The minimum absolute atomic E-state index is 0.321. The summed E-state index contributed by atoms with van der Waals surface area (Å²) in [5, 5.41) is 4.42. The molecule has 0 atom stereocenters. The van der Waals surface area contributed by atoms with Gasteiger partial charge in [-0.25, -0.2) is 14.4 Å². The molecule has 3 rings (SSSR count). The maximum absolute atomic E-state index is 13.1. The number of fused-ring (bicyclic) bond motifs is 1. The molecule has 0 spiro atoms. The van der Waals surface area contributed by atoms with Crippen molar-refractivity contribution in [3.8, 4) is 0 Å². The molecule has 0 bridgehead atoms. The molecule has 2 aromatic heterocycles. The van der Waals surface area contributed by atoms with Crippen molar-refractivity contribution in [1.29, 1.82) is 0 Å². The molecule has 102 valence electrons. The molecule has 0 saturated heterocycles. The van der Waals surface area contributed by atoms with Gasteiger partial charge in [0.15, 0.2) is 0 Å². The molecule has 2 heterocycles. The smallest absolute Gasteiger partial charge is 0.142 e. The number of hydrogen-bond acceptors (Lipinski definition) is 4. The zero-order valence-corrected chi connectivity index (χ0v) is 12.4. The highest BCUT2D eigenvalue weighted by Crippen LogP contribution is 2.32. The third-order valence-electron chi connectivity index (χ3n) is 2.81. The molecule has 0 aliphatic rings. The summed E-state index contributed by atoms with van der Waals surface area (Å²) in [5.74, 6) is 1.00. The maximum atomic E-state index is 13.1. The van der Waals surface area contributed by atoms with E-state index in [0.29, 0.717) is 22.4 Å². The van der Waals surface area contributed by atoms with Crippen LogP contribution in [0.15, 0.2) is 24.3 Å². The third-order valence-corrected chi connectivity index (χ3v) is 4.07. The van der Waals surface area contributed by atoms with E-state index in [4.69, 9.17) is 11.6 Å². The first-order valence-electron chi connectivity index (χ1n) is 6.00. The molecule has 0 saturated carbocycles. The second kappa shape index (κ2) is 5.00. The molecule has 1 aromatic carbocycles. The van der Waals surface area contributed by atoms with Crippen molar-refractivity contribution in [2.45, 2.75) is 13.8 Å². The van der Waals surface area contributed by atoms with E-state index in [2.05, 4.69) is 15.3 Å². The van der Waals surface area contributed by atoms with Crippen LogP contribution in [0.25, 0.3) is 10.2 Å². The summed E-state index contributed by atoms with van der Waals surface area (Å²) in [6, 6.07) is 6.26. The average Bonchev–Trinajstić information content (AvgIpc) is 2.73. The Morgan fingerprint density at radius 1 is 1.20 bits per heavy atom. The first-order valence-corrected chi connectivity index (χ1v) is 7.19. The second-order valence-electron chi connectivity index (χ2n) is 4.44. The van der Waals surface area contributed by atoms with Crippen LogP contribution in [0.3, 0.4) is 0 Å². The van der Waals surface area contributed by atoms with Crippen molar-refractivity contribution in [3.63, 3.8) is 0 Å². The lowest BCUT2D eigenvalue weighted by molar-refractivity contribution is 0.628. The number of aromatic nitrogens is 2. The number of aryl methyl sites for hydroxylation is 2. The molecule has 0 radical (unpaired) electrons. The van der Waals surface area contributed by atoms with Crippen molar-refractivity contribution in [3.05, 3.63) is 45.8 Å². The largest absolute Gasteiger partial charge is 0.338 e. The third kappa shape index (κ3) is 2.46. The lowest BCUT2D eigenvalue weighted by Crippen LogP contribution is -1.98. The summed E-state index contributed by atoms with van der Waals surface area (Å²) >= 11 is 7.65. The number of halogens is 2. The molecule has 0 aliphatic heterocycles. The van der Waals surface area contributed by atoms with E-state index in [0.717, 1.165) is 15.1 Å². The van der Waals surface area contributed by atoms with Gasteiger partial charge in [0, 0.05) is 4.88 Å². The molecule has 6 heteroatoms. The lowest BCUT2D eigenvalue weighted by Gasteiger charge is -2.09. The Balaban J connectivity index is 2.10. The normalized spacial score (nSPS) is 11.0. The molecule has 20 heavy (non-hydrogen) atoms. The quantitative estimate of drug-likeness (QED) is 0.736. The Morgan fingerprint density at radius 3 is 2.75 bits per heavy atom. The van der Waals surface area contributed by atoms with Crippen molar-refractivity contribution < 1.29 is 4.39 Å². The van der Waals surface area contributed by atoms with Crippen LogP contribution in [0.5, 0.6) is 0 Å². The van der Waals surface area contributed by atoms with Gasteiger partial charge in [-0.1, -0.05) is 11.6 Å². The predicted molar refractivity (Wildman–Crippen MR) is 81.6 cm³/mol. The van der Waals surface area contributed by atoms with Crippen molar-refractivity contribution in [1.82, 2.24) is 9.97 Å². The number of nitrogens with zero attached hydrogens (tertiary/aromatic N) is 2. The van der Waals surface area contributed by atoms with Gasteiger partial charge in [-0.05, 0) is 38.1 Å². The van der Waals surface area contributed by atoms with E-state index in [9.17, 15) is 4.39 Å². The van der Waals surface area contributed by atoms with E-state index in [1.54, 1.807) is 17.4 Å². The molecule has 1 N–H and O–H groups in total. The molecule has 0 amide bonds. The van der Waals surface area contributed by atoms with Gasteiger partial charge >= 0.3 is 0 Å². The van der Waals surface area contributed by atoms with Gasteiger partial charge in [0.2, 0.25) is 0 Å². The summed E-state index contributed by atoms with van der Waals surface area (Å²) in [7, 11) is 0. The SMILES string of the molecule is Cc1nc(Nc2ccc(F)cc2Cl)c2cc(C)sc2n1. The Labute approximate surface area is 124 Å². The van der Waals surface area contributed by atoms with Crippen LogP contribution in [0.1, 0.15) is 10.7 Å². The molecular weight excluding hydrogens is 297 g/mol. The molecule has 0 aliphatic carbocycles. The van der Waals surface area contributed by atoms with Gasteiger partial charge in [-0.15, -0.1) is 11.3 Å². The molecule has 0 fully saturated rings. The summed E-state index contributed by atoms with van der Waals surface area (Å²) in [5.41, 5.74) is 0.622. The average molecular weight is 308 g/mol. The van der Waals surface area contributed by atoms with Gasteiger partial charge in [-0.3, -0.25) is 0 Å². The van der Waals surface area contributed by atoms with Crippen LogP contribution in [0.4, 0.5) is 15.9 Å². The zero-order chi connectivity index (χ0) is 14.3. The molecule has 3 nitrogen and oxygen atoms in total. The molecule has 3 aromatic rings. The minimum Gasteiger partial charge on any atom is -0.338 e. The zero-order valence-electron chi connectivity index (χ0n) is 10.9. The fourth-order valence-electron chi connectivity index (χ4n) is 1.96. The van der Waals surface area contributed by atoms with Crippen LogP contribution in [-0.4, -0.2) is 9.97 Å². The van der Waals surface area contributed by atoms with Crippen LogP contribution in [0, 0.1) is 19.7 Å². The van der Waals surface area contributed by atoms with Crippen molar-refractivity contribution >= 4 is 44.7 Å². The topological polar surface area (TPSA) is 37.8 Å². The van der Waals surface area contributed by atoms with Crippen molar-refractivity contribution in [2.24, 2.45) is 0 Å². The highest BCUT2D eigenvalue weighted by Gasteiger charge is 2.10. The summed E-state index contributed by atoms with van der Waals surface area (Å²) in [6.07, 6.45) is 0. The standard InChI is InChI=1S/C14H11ClFN3S/c1-7-5-10-13(17-8(2)18-14(10)20-7)19-12-4-3-9(16)6-11(12)15/h3-6H,1-2H3,(H,17,18,19). The van der Waals surface area contributed by atoms with Gasteiger partial charge in [-0.2, -0.15) is 0 Å². The van der Waals surface area contributed by atoms with E-state index in [-0.39, 0.29) is 5.82 Å². The number of benzene rings is 1. The number of rotatable bonds is 2. The van der Waals surface area contributed by atoms with Gasteiger partial charge in [0.1, 0.15) is 22.3 Å². The lowest BCUT2D eigenvalue weighted by atomic mass is 10.3. The van der Waals surface area contributed by atoms with Gasteiger partial charge < -0.3 is 5.32 Å². The maximum Gasteiger partial charge on any atom is 0.142 e. The number of anilines is 2. The number of thiophene rings is 1. The van der Waals surface area contributed by atoms with Crippen LogP contribution < -0.4 is 5.32 Å². The minimum atomic E-state index is -0.365. The Hall–Kier alpha value is -1.72. The number of nitrogens with one attached hydrogen (secondary N) is 1. The summed E-state index contributed by atoms with van der Waals surface area (Å²) < 4.78 is 13.1. The van der Waals surface area contributed by atoms with E-state index in [1.807, 2.05) is 19.9 Å². The van der Waals surface area contributed by atoms with Crippen molar-refractivity contribution in [2.75, 3.05) is 5.32 Å². The second-order valence-corrected chi connectivity index (χ2v) is 6.09. The van der Waals surface area contributed by atoms with E-state index in [1.165, 1.54) is 12.1 Å².